The number of aliphatic hydroxyl groups excluding tert-OH is 1. The van der Waals surface area contributed by atoms with Gasteiger partial charge in [-0.15, -0.1) is 0 Å². The average molecular weight is 305 g/mol. The van der Waals surface area contributed by atoms with Crippen LogP contribution in [0.5, 0.6) is 0 Å². The molecule has 2 unspecified atom stereocenters. The summed E-state index contributed by atoms with van der Waals surface area (Å²) in [5.74, 6) is 0.305. The molecule has 1 aromatic carbocycles. The Balaban J connectivity index is 1.89. The molecule has 3 rings (SSSR count). The van der Waals surface area contributed by atoms with Crippen LogP contribution in [0.2, 0.25) is 5.02 Å². The van der Waals surface area contributed by atoms with E-state index in [4.69, 9.17) is 16.6 Å². The highest BCUT2D eigenvalue weighted by Gasteiger charge is 2.25. The van der Waals surface area contributed by atoms with Crippen LogP contribution in [0.3, 0.4) is 0 Å². The number of hydrogen-bond donors (Lipinski definition) is 1. The first-order valence-corrected chi connectivity index (χ1v) is 7.88. The van der Waals surface area contributed by atoms with Crippen LogP contribution in [0.4, 0.5) is 0 Å². The van der Waals surface area contributed by atoms with Crippen molar-refractivity contribution >= 4 is 22.5 Å². The van der Waals surface area contributed by atoms with Crippen molar-refractivity contribution in [1.82, 2.24) is 9.88 Å². The van der Waals surface area contributed by atoms with Gasteiger partial charge in [0.2, 0.25) is 0 Å². The van der Waals surface area contributed by atoms with Crippen LogP contribution in [-0.2, 0) is 6.54 Å². The largest absolute Gasteiger partial charge is 0.393 e. The quantitative estimate of drug-likeness (QED) is 0.924. The number of para-hydroxylation sites is 1. The number of pyridine rings is 1. The summed E-state index contributed by atoms with van der Waals surface area (Å²) in [6.45, 7) is 6.69. The number of aryl methyl sites for hydroxylation is 1. The first kappa shape index (κ1) is 14.8. The fourth-order valence-corrected chi connectivity index (χ4v) is 3.30. The van der Waals surface area contributed by atoms with E-state index in [-0.39, 0.29) is 6.10 Å². The summed E-state index contributed by atoms with van der Waals surface area (Å²) in [7, 11) is 0. The van der Waals surface area contributed by atoms with E-state index in [9.17, 15) is 5.11 Å². The van der Waals surface area contributed by atoms with Crippen molar-refractivity contribution in [3.05, 3.63) is 40.5 Å². The first-order chi connectivity index (χ1) is 10.1. The summed E-state index contributed by atoms with van der Waals surface area (Å²) in [5, 5.41) is 11.7. The minimum absolute atomic E-state index is 0.178. The molecule has 1 aromatic heterocycles. The zero-order valence-corrected chi connectivity index (χ0v) is 13.3. The van der Waals surface area contributed by atoms with E-state index in [0.29, 0.717) is 5.92 Å². The normalized spacial score (nSPS) is 23.6. The maximum atomic E-state index is 9.83. The number of likely N-dealkylation sites (tertiary alicyclic amines) is 1. The first-order valence-electron chi connectivity index (χ1n) is 7.50. The predicted molar refractivity (Wildman–Crippen MR) is 86.6 cm³/mol. The summed E-state index contributed by atoms with van der Waals surface area (Å²) < 4.78 is 0. The van der Waals surface area contributed by atoms with Crippen molar-refractivity contribution in [3.63, 3.8) is 0 Å². The second-order valence-corrected chi connectivity index (χ2v) is 6.46. The van der Waals surface area contributed by atoms with Crippen LogP contribution in [-0.4, -0.2) is 34.2 Å². The number of aromatic nitrogens is 1. The molecule has 1 saturated heterocycles. The van der Waals surface area contributed by atoms with E-state index < -0.39 is 0 Å². The molecule has 0 bridgehead atoms. The Labute approximate surface area is 130 Å². The molecule has 0 saturated carbocycles. The highest BCUT2D eigenvalue weighted by Crippen LogP contribution is 2.28. The molecule has 4 heteroatoms. The molecule has 1 fully saturated rings. The Bertz CT molecular complexity index is 659. The second-order valence-electron chi connectivity index (χ2n) is 6.08. The Morgan fingerprint density at radius 3 is 2.90 bits per heavy atom. The van der Waals surface area contributed by atoms with Crippen molar-refractivity contribution < 1.29 is 5.11 Å². The number of fused-ring (bicyclic) bond motifs is 1. The predicted octanol–water partition coefficient (Wildman–Crippen LogP) is 3.40. The molecule has 112 valence electrons. The van der Waals surface area contributed by atoms with Gasteiger partial charge in [-0.25, -0.2) is 4.98 Å². The summed E-state index contributed by atoms with van der Waals surface area (Å²) >= 11 is 6.52. The van der Waals surface area contributed by atoms with E-state index >= 15 is 0 Å². The van der Waals surface area contributed by atoms with E-state index in [1.54, 1.807) is 0 Å². The van der Waals surface area contributed by atoms with Crippen molar-refractivity contribution in [2.75, 3.05) is 13.1 Å². The maximum absolute atomic E-state index is 9.83. The Kier molecular flexibility index (Phi) is 4.16. The minimum Gasteiger partial charge on any atom is -0.393 e. The van der Waals surface area contributed by atoms with E-state index in [1.807, 2.05) is 18.2 Å². The smallest absolute Gasteiger partial charge is 0.0740 e. The highest BCUT2D eigenvalue weighted by molar-refractivity contribution is 6.32. The molecule has 3 nitrogen and oxygen atoms in total. The monoisotopic (exact) mass is 304 g/mol. The highest BCUT2D eigenvalue weighted by atomic mass is 35.5. The molecule has 0 radical (unpaired) electrons. The molecule has 2 heterocycles. The fourth-order valence-electron chi connectivity index (χ4n) is 3.10. The molecule has 0 aliphatic carbocycles. The van der Waals surface area contributed by atoms with Crippen molar-refractivity contribution in [2.24, 2.45) is 5.92 Å². The minimum atomic E-state index is -0.178. The van der Waals surface area contributed by atoms with Crippen molar-refractivity contribution in [2.45, 2.75) is 32.9 Å². The zero-order chi connectivity index (χ0) is 15.0. The molecule has 1 aliphatic heterocycles. The third kappa shape index (κ3) is 2.91. The van der Waals surface area contributed by atoms with Gasteiger partial charge < -0.3 is 5.11 Å². The molecular formula is C17H21ClN2O. The SMILES string of the molecule is Cc1c(Cl)c(CN2CCC(O)C(C)C2)nc2ccccc12. The van der Waals surface area contributed by atoms with Gasteiger partial charge in [-0.1, -0.05) is 36.7 Å². The number of nitrogens with zero attached hydrogens (tertiary/aromatic N) is 2. The Morgan fingerprint density at radius 2 is 2.14 bits per heavy atom. The number of aliphatic hydroxyl groups is 1. The van der Waals surface area contributed by atoms with Gasteiger partial charge in [0.05, 0.1) is 22.3 Å². The maximum Gasteiger partial charge on any atom is 0.0740 e. The Morgan fingerprint density at radius 1 is 1.38 bits per heavy atom. The van der Waals surface area contributed by atoms with Crippen LogP contribution in [0.15, 0.2) is 24.3 Å². The number of rotatable bonds is 2. The fraction of sp³-hybridized carbons (Fsp3) is 0.471. The van der Waals surface area contributed by atoms with E-state index in [1.165, 1.54) is 0 Å². The lowest BCUT2D eigenvalue weighted by atomic mass is 9.96. The number of benzene rings is 1. The van der Waals surface area contributed by atoms with Gasteiger partial charge in [-0.05, 0) is 30.9 Å². The number of hydrogen-bond acceptors (Lipinski definition) is 3. The molecule has 2 aromatic rings. The number of halogens is 1. The van der Waals surface area contributed by atoms with Crippen LogP contribution in [0.1, 0.15) is 24.6 Å². The van der Waals surface area contributed by atoms with Crippen molar-refractivity contribution in [1.29, 1.82) is 0 Å². The molecule has 1 aliphatic rings. The van der Waals surface area contributed by atoms with Gasteiger partial charge >= 0.3 is 0 Å². The van der Waals surface area contributed by atoms with Crippen molar-refractivity contribution in [3.8, 4) is 0 Å². The lowest BCUT2D eigenvalue weighted by molar-refractivity contribution is 0.0316. The van der Waals surface area contributed by atoms with Crippen LogP contribution in [0, 0.1) is 12.8 Å². The van der Waals surface area contributed by atoms with Gasteiger partial charge in [0.25, 0.3) is 0 Å². The van der Waals surface area contributed by atoms with Gasteiger partial charge in [0, 0.05) is 25.0 Å². The molecule has 0 spiro atoms. The second kappa shape index (κ2) is 5.91. The van der Waals surface area contributed by atoms with Gasteiger partial charge in [-0.3, -0.25) is 4.90 Å². The average Bonchev–Trinajstić information content (AvgIpc) is 2.48. The van der Waals surface area contributed by atoms with Crippen LogP contribution >= 0.6 is 11.6 Å². The van der Waals surface area contributed by atoms with E-state index in [0.717, 1.165) is 53.2 Å². The Hall–Kier alpha value is -1.16. The third-order valence-corrected chi connectivity index (χ3v) is 4.97. The number of piperidine rings is 1. The summed E-state index contributed by atoms with van der Waals surface area (Å²) in [6, 6.07) is 8.11. The van der Waals surface area contributed by atoms with E-state index in [2.05, 4.69) is 24.8 Å². The van der Waals surface area contributed by atoms with Gasteiger partial charge in [0.15, 0.2) is 0 Å². The molecular weight excluding hydrogens is 284 g/mol. The lowest BCUT2D eigenvalue weighted by Crippen LogP contribution is -2.41. The standard InChI is InChI=1S/C17H21ClN2O/c1-11-9-20(8-7-16(11)21)10-15-17(18)12(2)13-5-3-4-6-14(13)19-15/h3-6,11,16,21H,7-10H2,1-2H3. The van der Waals surface area contributed by atoms with Crippen LogP contribution < -0.4 is 0 Å². The third-order valence-electron chi connectivity index (χ3n) is 4.46. The lowest BCUT2D eigenvalue weighted by Gasteiger charge is -2.34. The molecule has 21 heavy (non-hydrogen) atoms. The van der Waals surface area contributed by atoms with Crippen LogP contribution in [0.25, 0.3) is 10.9 Å². The van der Waals surface area contributed by atoms with Gasteiger partial charge in [-0.2, -0.15) is 0 Å². The zero-order valence-electron chi connectivity index (χ0n) is 12.5. The molecule has 2 atom stereocenters. The summed E-state index contributed by atoms with van der Waals surface area (Å²) in [4.78, 5) is 7.07. The summed E-state index contributed by atoms with van der Waals surface area (Å²) in [5.41, 5.74) is 3.04. The van der Waals surface area contributed by atoms with Gasteiger partial charge in [0.1, 0.15) is 0 Å². The topological polar surface area (TPSA) is 36.4 Å². The molecule has 1 N–H and O–H groups in total. The summed E-state index contributed by atoms with van der Waals surface area (Å²) in [6.07, 6.45) is 0.647. The molecule has 0 amide bonds.